The second kappa shape index (κ2) is 9.57. The number of ether oxygens (including phenoxy) is 2. The molecule has 148 valence electrons. The molecule has 7 heteroatoms. The number of carbonyl (C=O) groups excluding carboxylic acids is 2. The van der Waals surface area contributed by atoms with Gasteiger partial charge in [0.15, 0.2) is 6.10 Å². The standard InChI is InChI=1S/C21H23ClN2O4/c1-14(28-16-7-4-6-15(22)12-16)20(25)24-19-10-3-2-9-18(19)21(26)23-13-17-8-5-11-27-17/h2-4,6-7,9-10,12,14,17H,5,8,11,13H2,1H3,(H,23,26)(H,24,25)/t14-,17-/m1/s1. The van der Waals surface area contributed by atoms with Crippen LogP contribution in [0.25, 0.3) is 0 Å². The molecule has 1 saturated heterocycles. The minimum atomic E-state index is -0.763. The second-order valence-electron chi connectivity index (χ2n) is 6.60. The Morgan fingerprint density at radius 1 is 1.25 bits per heavy atom. The van der Waals surface area contributed by atoms with Crippen molar-refractivity contribution in [3.05, 3.63) is 59.1 Å². The highest BCUT2D eigenvalue weighted by Gasteiger charge is 2.20. The molecule has 0 unspecified atom stereocenters. The molecule has 6 nitrogen and oxygen atoms in total. The van der Waals surface area contributed by atoms with E-state index in [1.807, 2.05) is 0 Å². The van der Waals surface area contributed by atoms with Crippen LogP contribution >= 0.6 is 11.6 Å². The summed E-state index contributed by atoms with van der Waals surface area (Å²) in [4.78, 5) is 25.1. The van der Waals surface area contributed by atoms with Gasteiger partial charge < -0.3 is 20.1 Å². The molecule has 2 atom stereocenters. The molecule has 0 radical (unpaired) electrons. The Bertz CT molecular complexity index is 837. The number of benzene rings is 2. The molecule has 3 rings (SSSR count). The van der Waals surface area contributed by atoms with E-state index in [1.54, 1.807) is 55.5 Å². The van der Waals surface area contributed by atoms with Crippen molar-refractivity contribution in [1.29, 1.82) is 0 Å². The molecule has 0 saturated carbocycles. The molecule has 1 aliphatic heterocycles. The van der Waals surface area contributed by atoms with E-state index in [0.29, 0.717) is 28.6 Å². The maximum Gasteiger partial charge on any atom is 0.265 e. The van der Waals surface area contributed by atoms with E-state index in [1.165, 1.54) is 0 Å². The van der Waals surface area contributed by atoms with Gasteiger partial charge in [-0.3, -0.25) is 9.59 Å². The quantitative estimate of drug-likeness (QED) is 0.741. The van der Waals surface area contributed by atoms with Crippen LogP contribution in [0, 0.1) is 0 Å². The van der Waals surface area contributed by atoms with E-state index >= 15 is 0 Å². The Hall–Kier alpha value is -2.57. The number of amides is 2. The molecular formula is C21H23ClN2O4. The molecule has 2 amide bonds. The van der Waals surface area contributed by atoms with Gasteiger partial charge in [-0.2, -0.15) is 0 Å². The van der Waals surface area contributed by atoms with Crippen LogP contribution in [0.5, 0.6) is 5.75 Å². The monoisotopic (exact) mass is 402 g/mol. The number of halogens is 1. The fraction of sp³-hybridized carbons (Fsp3) is 0.333. The third-order valence-corrected chi connectivity index (χ3v) is 4.66. The summed E-state index contributed by atoms with van der Waals surface area (Å²) in [6.07, 6.45) is 1.24. The summed E-state index contributed by atoms with van der Waals surface area (Å²) in [5, 5.41) is 6.16. The molecule has 0 aliphatic carbocycles. The normalized spacial score (nSPS) is 17.0. The largest absolute Gasteiger partial charge is 0.481 e. The van der Waals surface area contributed by atoms with Crippen LogP contribution in [0.3, 0.4) is 0 Å². The summed E-state index contributed by atoms with van der Waals surface area (Å²) in [6, 6.07) is 13.7. The van der Waals surface area contributed by atoms with Gasteiger partial charge in [0.2, 0.25) is 0 Å². The Morgan fingerprint density at radius 2 is 2.07 bits per heavy atom. The minimum Gasteiger partial charge on any atom is -0.481 e. The molecule has 0 aromatic heterocycles. The molecule has 28 heavy (non-hydrogen) atoms. The minimum absolute atomic E-state index is 0.0526. The Morgan fingerprint density at radius 3 is 2.82 bits per heavy atom. The SMILES string of the molecule is C[C@@H](Oc1cccc(Cl)c1)C(=O)Nc1ccccc1C(=O)NC[C@H]1CCCO1. The number of nitrogens with one attached hydrogen (secondary N) is 2. The van der Waals surface area contributed by atoms with E-state index in [4.69, 9.17) is 21.1 Å². The molecule has 1 fully saturated rings. The Labute approximate surface area is 169 Å². The molecule has 2 aromatic carbocycles. The lowest BCUT2D eigenvalue weighted by molar-refractivity contribution is -0.122. The lowest BCUT2D eigenvalue weighted by Crippen LogP contribution is -2.34. The first-order valence-corrected chi connectivity index (χ1v) is 9.62. The zero-order valence-electron chi connectivity index (χ0n) is 15.6. The molecule has 2 N–H and O–H groups in total. The highest BCUT2D eigenvalue weighted by molar-refractivity contribution is 6.30. The van der Waals surface area contributed by atoms with Crippen LogP contribution in [0.2, 0.25) is 5.02 Å². The van der Waals surface area contributed by atoms with E-state index in [0.717, 1.165) is 19.4 Å². The third-order valence-electron chi connectivity index (χ3n) is 4.42. The average Bonchev–Trinajstić information content (AvgIpc) is 3.20. The van der Waals surface area contributed by atoms with E-state index in [9.17, 15) is 9.59 Å². The first kappa shape index (κ1) is 20.2. The van der Waals surface area contributed by atoms with Gasteiger partial charge in [0, 0.05) is 18.2 Å². The number of hydrogen-bond donors (Lipinski definition) is 2. The van der Waals surface area contributed by atoms with E-state index < -0.39 is 6.10 Å². The summed E-state index contributed by atoms with van der Waals surface area (Å²) < 4.78 is 11.2. The first-order valence-electron chi connectivity index (χ1n) is 9.25. The molecule has 0 bridgehead atoms. The summed E-state index contributed by atoms with van der Waals surface area (Å²) in [7, 11) is 0. The number of anilines is 1. The van der Waals surface area contributed by atoms with Gasteiger partial charge in [-0.15, -0.1) is 0 Å². The predicted octanol–water partition coefficient (Wildman–Crippen LogP) is 3.65. The highest BCUT2D eigenvalue weighted by atomic mass is 35.5. The summed E-state index contributed by atoms with van der Waals surface area (Å²) in [6.45, 7) is 2.82. The summed E-state index contributed by atoms with van der Waals surface area (Å²) >= 11 is 5.94. The maximum atomic E-state index is 12.5. The molecule has 2 aromatic rings. The van der Waals surface area contributed by atoms with Crippen LogP contribution in [0.4, 0.5) is 5.69 Å². The van der Waals surface area contributed by atoms with E-state index in [2.05, 4.69) is 10.6 Å². The topological polar surface area (TPSA) is 76.7 Å². The van der Waals surface area contributed by atoms with E-state index in [-0.39, 0.29) is 17.9 Å². The first-order chi connectivity index (χ1) is 13.5. The summed E-state index contributed by atoms with van der Waals surface area (Å²) in [5.41, 5.74) is 0.822. The third kappa shape index (κ3) is 5.47. The van der Waals surface area contributed by atoms with Crippen molar-refractivity contribution in [3.63, 3.8) is 0 Å². The van der Waals surface area contributed by atoms with Gasteiger partial charge in [-0.1, -0.05) is 29.8 Å². The van der Waals surface area contributed by atoms with Gasteiger partial charge in [0.25, 0.3) is 11.8 Å². The fourth-order valence-electron chi connectivity index (χ4n) is 2.93. The van der Waals surface area contributed by atoms with Crippen LogP contribution < -0.4 is 15.4 Å². The average molecular weight is 403 g/mol. The van der Waals surface area contributed by atoms with Gasteiger partial charge >= 0.3 is 0 Å². The van der Waals surface area contributed by atoms with Gasteiger partial charge in [-0.25, -0.2) is 0 Å². The Balaban J connectivity index is 1.61. The number of carbonyl (C=O) groups is 2. The van der Waals surface area contributed by atoms with Gasteiger partial charge in [0.05, 0.1) is 17.4 Å². The molecule has 1 heterocycles. The van der Waals surface area contributed by atoms with Crippen LogP contribution in [-0.4, -0.2) is 37.2 Å². The number of para-hydroxylation sites is 1. The second-order valence-corrected chi connectivity index (χ2v) is 7.03. The molecule has 1 aliphatic rings. The lowest BCUT2D eigenvalue weighted by atomic mass is 10.1. The number of hydrogen-bond acceptors (Lipinski definition) is 4. The zero-order valence-corrected chi connectivity index (χ0v) is 16.4. The fourth-order valence-corrected chi connectivity index (χ4v) is 3.11. The molecular weight excluding hydrogens is 380 g/mol. The smallest absolute Gasteiger partial charge is 0.265 e. The maximum absolute atomic E-state index is 12.5. The molecule has 0 spiro atoms. The lowest BCUT2D eigenvalue weighted by Gasteiger charge is -2.17. The predicted molar refractivity (Wildman–Crippen MR) is 108 cm³/mol. The van der Waals surface area contributed by atoms with Crippen molar-refractivity contribution in [1.82, 2.24) is 5.32 Å². The van der Waals surface area contributed by atoms with Crippen molar-refractivity contribution in [3.8, 4) is 5.75 Å². The van der Waals surface area contributed by atoms with Gasteiger partial charge in [0.1, 0.15) is 5.75 Å². The highest BCUT2D eigenvalue weighted by Crippen LogP contribution is 2.20. The van der Waals surface area contributed by atoms with Crippen molar-refractivity contribution in [2.75, 3.05) is 18.5 Å². The van der Waals surface area contributed by atoms with Crippen molar-refractivity contribution >= 4 is 29.1 Å². The van der Waals surface area contributed by atoms with Crippen LogP contribution in [-0.2, 0) is 9.53 Å². The van der Waals surface area contributed by atoms with Crippen molar-refractivity contribution in [2.45, 2.75) is 32.0 Å². The van der Waals surface area contributed by atoms with Crippen molar-refractivity contribution < 1.29 is 19.1 Å². The van der Waals surface area contributed by atoms with Crippen molar-refractivity contribution in [2.24, 2.45) is 0 Å². The van der Waals surface area contributed by atoms with Crippen LogP contribution in [0.15, 0.2) is 48.5 Å². The van der Waals surface area contributed by atoms with Gasteiger partial charge in [-0.05, 0) is 50.1 Å². The summed E-state index contributed by atoms with van der Waals surface area (Å²) in [5.74, 6) is -0.119. The van der Waals surface area contributed by atoms with Crippen LogP contribution in [0.1, 0.15) is 30.1 Å². The number of rotatable bonds is 7. The zero-order chi connectivity index (χ0) is 19.9. The Kier molecular flexibility index (Phi) is 6.90.